The molecule has 94 valence electrons. The molecule has 17 heavy (non-hydrogen) atoms. The molecule has 0 aromatic heterocycles. The van der Waals surface area contributed by atoms with Gasteiger partial charge in [-0.2, -0.15) is 0 Å². The molecule has 2 heteroatoms. The second kappa shape index (κ2) is 8.68. The molecule has 0 amide bonds. The van der Waals surface area contributed by atoms with Gasteiger partial charge in [-0.15, -0.1) is 0 Å². The van der Waals surface area contributed by atoms with Crippen LogP contribution in [0, 0.1) is 0 Å². The Kier molecular flexibility index (Phi) is 6.96. The largest absolute Gasteiger partial charge is 0.516 e. The summed E-state index contributed by atoms with van der Waals surface area (Å²) in [5.74, 6) is 0.899. The van der Waals surface area contributed by atoms with Crippen LogP contribution in [0.1, 0.15) is 44.6 Å². The van der Waals surface area contributed by atoms with E-state index < -0.39 is 0 Å². The van der Waals surface area contributed by atoms with Gasteiger partial charge >= 0.3 is 0 Å². The molecule has 1 N–H and O–H groups in total. The molecule has 0 saturated heterocycles. The van der Waals surface area contributed by atoms with Crippen LogP contribution in [-0.2, 0) is 0 Å². The molecule has 0 spiro atoms. The third-order valence-electron chi connectivity index (χ3n) is 2.66. The maximum Gasteiger partial charge on any atom is 0.119 e. The Hall–Kier alpha value is -1.44. The van der Waals surface area contributed by atoms with Crippen molar-refractivity contribution in [3.8, 4) is 5.75 Å². The smallest absolute Gasteiger partial charge is 0.119 e. The maximum atomic E-state index is 8.62. The van der Waals surface area contributed by atoms with Crippen LogP contribution in [0.2, 0.25) is 0 Å². The number of aliphatic hydroxyl groups excluding tert-OH is 1. The summed E-state index contributed by atoms with van der Waals surface area (Å²) in [5.41, 5.74) is 0.975. The fourth-order valence-electron chi connectivity index (χ4n) is 1.66. The lowest BCUT2D eigenvalue weighted by molar-refractivity contribution is 0.304. The molecular formula is C15H22O2. The minimum atomic E-state index is 0.791. The highest BCUT2D eigenvalue weighted by Crippen LogP contribution is 2.13. The molecule has 1 aromatic carbocycles. The Morgan fingerprint density at radius 1 is 1.06 bits per heavy atom. The van der Waals surface area contributed by atoms with Crippen LogP contribution in [0.15, 0.2) is 30.5 Å². The molecule has 0 fully saturated rings. The van der Waals surface area contributed by atoms with E-state index in [-0.39, 0.29) is 0 Å². The summed E-state index contributed by atoms with van der Waals surface area (Å²) >= 11 is 0. The predicted octanol–water partition coefficient (Wildman–Crippen LogP) is 4.56. The average Bonchev–Trinajstić information content (AvgIpc) is 2.36. The molecule has 0 radical (unpaired) electrons. The van der Waals surface area contributed by atoms with Gasteiger partial charge < -0.3 is 9.84 Å². The van der Waals surface area contributed by atoms with Gasteiger partial charge in [0.2, 0.25) is 0 Å². The van der Waals surface area contributed by atoms with Crippen molar-refractivity contribution in [3.05, 3.63) is 36.1 Å². The monoisotopic (exact) mass is 234 g/mol. The highest BCUT2D eigenvalue weighted by molar-refractivity contribution is 5.49. The molecule has 2 nitrogen and oxygen atoms in total. The first-order chi connectivity index (χ1) is 8.36. The molecule has 1 aromatic rings. The van der Waals surface area contributed by atoms with Crippen LogP contribution in [0.4, 0.5) is 0 Å². The minimum absolute atomic E-state index is 0.791. The van der Waals surface area contributed by atoms with Gasteiger partial charge in [-0.05, 0) is 30.2 Å². The van der Waals surface area contributed by atoms with Crippen molar-refractivity contribution in [2.24, 2.45) is 0 Å². The maximum absolute atomic E-state index is 8.62. The van der Waals surface area contributed by atoms with Crippen LogP contribution >= 0.6 is 0 Å². The van der Waals surface area contributed by atoms with Crippen molar-refractivity contribution in [2.45, 2.75) is 39.0 Å². The molecular weight excluding hydrogens is 212 g/mol. The zero-order valence-electron chi connectivity index (χ0n) is 10.6. The number of rotatable bonds is 8. The van der Waals surface area contributed by atoms with Crippen molar-refractivity contribution in [1.29, 1.82) is 0 Å². The summed E-state index contributed by atoms with van der Waals surface area (Å²) in [6.45, 7) is 3.01. The second-order valence-electron chi connectivity index (χ2n) is 4.15. The number of hydrogen-bond donors (Lipinski definition) is 1. The van der Waals surface area contributed by atoms with Crippen LogP contribution in [0.5, 0.6) is 5.75 Å². The Balaban J connectivity index is 2.18. The van der Waals surface area contributed by atoms with Crippen molar-refractivity contribution in [3.63, 3.8) is 0 Å². The molecule has 0 atom stereocenters. The van der Waals surface area contributed by atoms with E-state index in [9.17, 15) is 0 Å². The fourth-order valence-corrected chi connectivity index (χ4v) is 1.66. The summed E-state index contributed by atoms with van der Waals surface area (Å²) in [5, 5.41) is 8.62. The zero-order valence-corrected chi connectivity index (χ0v) is 10.6. The summed E-state index contributed by atoms with van der Waals surface area (Å²) in [7, 11) is 0. The van der Waals surface area contributed by atoms with E-state index in [2.05, 4.69) is 6.92 Å². The summed E-state index contributed by atoms with van der Waals surface area (Å²) in [6.07, 6.45) is 8.97. The molecule has 0 unspecified atom stereocenters. The lowest BCUT2D eigenvalue weighted by atomic mass is 10.2. The molecule has 1 rings (SSSR count). The minimum Gasteiger partial charge on any atom is -0.516 e. The van der Waals surface area contributed by atoms with E-state index in [1.54, 1.807) is 6.08 Å². The van der Waals surface area contributed by atoms with Gasteiger partial charge in [-0.25, -0.2) is 0 Å². The van der Waals surface area contributed by atoms with Gasteiger partial charge in [-0.1, -0.05) is 44.7 Å². The van der Waals surface area contributed by atoms with Crippen molar-refractivity contribution in [2.75, 3.05) is 6.61 Å². The van der Waals surface area contributed by atoms with Gasteiger partial charge in [0.25, 0.3) is 0 Å². The van der Waals surface area contributed by atoms with E-state index >= 15 is 0 Å². The average molecular weight is 234 g/mol. The van der Waals surface area contributed by atoms with Gasteiger partial charge in [-0.3, -0.25) is 0 Å². The van der Waals surface area contributed by atoms with Gasteiger partial charge in [0.15, 0.2) is 0 Å². The van der Waals surface area contributed by atoms with Gasteiger partial charge in [0.1, 0.15) is 5.75 Å². The topological polar surface area (TPSA) is 29.5 Å². The second-order valence-corrected chi connectivity index (χ2v) is 4.15. The molecule has 0 aliphatic heterocycles. The number of hydrogen-bond acceptors (Lipinski definition) is 2. The van der Waals surface area contributed by atoms with Crippen molar-refractivity contribution < 1.29 is 9.84 Å². The molecule has 0 bridgehead atoms. The van der Waals surface area contributed by atoms with E-state index in [0.717, 1.165) is 30.6 Å². The number of unbranched alkanes of at least 4 members (excludes halogenated alkanes) is 4. The zero-order chi connectivity index (χ0) is 12.3. The first-order valence-electron chi connectivity index (χ1n) is 6.40. The van der Waals surface area contributed by atoms with E-state index in [4.69, 9.17) is 9.84 Å². The summed E-state index contributed by atoms with van der Waals surface area (Å²) < 4.78 is 5.63. The Bertz CT molecular complexity index is 314. The van der Waals surface area contributed by atoms with Gasteiger partial charge in [0.05, 0.1) is 12.9 Å². The predicted molar refractivity (Wildman–Crippen MR) is 72.4 cm³/mol. The molecule has 0 aliphatic carbocycles. The van der Waals surface area contributed by atoms with Crippen LogP contribution in [-0.4, -0.2) is 11.7 Å². The van der Waals surface area contributed by atoms with E-state index in [0.29, 0.717) is 0 Å². The van der Waals surface area contributed by atoms with Crippen LogP contribution in [0.3, 0.4) is 0 Å². The first kappa shape index (κ1) is 13.6. The van der Waals surface area contributed by atoms with Gasteiger partial charge in [0, 0.05) is 0 Å². The highest BCUT2D eigenvalue weighted by atomic mass is 16.5. The van der Waals surface area contributed by atoms with Crippen molar-refractivity contribution in [1.82, 2.24) is 0 Å². The van der Waals surface area contributed by atoms with E-state index in [1.807, 2.05) is 24.3 Å². The lowest BCUT2D eigenvalue weighted by Crippen LogP contribution is -1.97. The van der Waals surface area contributed by atoms with Crippen molar-refractivity contribution >= 4 is 6.08 Å². The number of ether oxygens (including phenoxy) is 1. The highest BCUT2D eigenvalue weighted by Gasteiger charge is 1.94. The summed E-state index contributed by atoms with van der Waals surface area (Å²) in [4.78, 5) is 0. The molecule has 0 aliphatic rings. The standard InChI is InChI=1S/C15H22O2/c1-2-3-4-5-6-13-17-15-9-7-14(8-10-15)11-12-16/h7-12,16H,2-6,13H2,1H3. The Labute approximate surface area is 104 Å². The Morgan fingerprint density at radius 3 is 2.41 bits per heavy atom. The third kappa shape index (κ3) is 6.00. The quantitative estimate of drug-likeness (QED) is 0.527. The fraction of sp³-hybridized carbons (Fsp3) is 0.467. The Morgan fingerprint density at radius 2 is 1.76 bits per heavy atom. The van der Waals surface area contributed by atoms with Crippen LogP contribution in [0.25, 0.3) is 6.08 Å². The van der Waals surface area contributed by atoms with Crippen LogP contribution < -0.4 is 4.74 Å². The molecule has 0 saturated carbocycles. The molecule has 0 heterocycles. The first-order valence-corrected chi connectivity index (χ1v) is 6.40. The lowest BCUT2D eigenvalue weighted by Gasteiger charge is -2.06. The van der Waals surface area contributed by atoms with E-state index in [1.165, 1.54) is 25.7 Å². The number of aliphatic hydroxyl groups is 1. The summed E-state index contributed by atoms with van der Waals surface area (Å²) in [6, 6.07) is 7.72. The number of benzene rings is 1. The third-order valence-corrected chi connectivity index (χ3v) is 2.66. The SMILES string of the molecule is CCCCCCCOc1ccc(C=CO)cc1. The normalized spacial score (nSPS) is 10.9.